The summed E-state index contributed by atoms with van der Waals surface area (Å²) >= 11 is 0. The second-order valence-electron chi connectivity index (χ2n) is 5.48. The van der Waals surface area contributed by atoms with Crippen molar-refractivity contribution in [1.82, 2.24) is 9.97 Å². The van der Waals surface area contributed by atoms with Gasteiger partial charge in [-0.2, -0.15) is 4.98 Å². The molecular formula is C17H18N4O7. The highest BCUT2D eigenvalue weighted by atomic mass is 16.6. The molecule has 0 radical (unpaired) electrons. The number of nitrogens with one attached hydrogen (secondary N) is 1. The van der Waals surface area contributed by atoms with Gasteiger partial charge in [-0.25, -0.2) is 14.6 Å². The quantitative estimate of drug-likeness (QED) is 0.403. The number of aromatic nitrogens is 2. The van der Waals surface area contributed by atoms with E-state index in [0.717, 1.165) is 11.9 Å². The molecule has 2 aromatic rings. The van der Waals surface area contributed by atoms with Crippen LogP contribution < -0.4 is 10.1 Å². The summed E-state index contributed by atoms with van der Waals surface area (Å²) in [5.41, 5.74) is 0.618. The zero-order valence-corrected chi connectivity index (χ0v) is 15.4. The summed E-state index contributed by atoms with van der Waals surface area (Å²) in [5, 5.41) is 14.4. The van der Waals surface area contributed by atoms with E-state index in [4.69, 9.17) is 4.74 Å². The number of ether oxygens (including phenoxy) is 3. The van der Waals surface area contributed by atoms with Crippen molar-refractivity contribution in [1.29, 1.82) is 0 Å². The number of nitro groups is 1. The number of benzene rings is 1. The highest BCUT2D eigenvalue weighted by Gasteiger charge is 2.26. The molecular weight excluding hydrogens is 372 g/mol. The van der Waals surface area contributed by atoms with E-state index in [9.17, 15) is 19.7 Å². The molecule has 1 heterocycles. The average molecular weight is 390 g/mol. The SMILES string of the molecule is COC(=O)COc1ncnc(N[C@@H](C)c2ccc(C(=O)OC)cc2)c1[N+](=O)[O-]. The number of nitrogens with zero attached hydrogens (tertiary/aromatic N) is 3. The van der Waals surface area contributed by atoms with Crippen LogP contribution in [0.15, 0.2) is 30.6 Å². The molecule has 11 nitrogen and oxygen atoms in total. The van der Waals surface area contributed by atoms with Gasteiger partial charge in [0.2, 0.25) is 5.82 Å². The van der Waals surface area contributed by atoms with E-state index in [1.165, 1.54) is 14.2 Å². The molecule has 0 amide bonds. The Bertz CT molecular complexity index is 870. The monoisotopic (exact) mass is 390 g/mol. The van der Waals surface area contributed by atoms with Gasteiger partial charge in [0.05, 0.1) is 30.7 Å². The molecule has 0 bridgehead atoms. The standard InChI is InChI=1S/C17H18N4O7/c1-10(11-4-6-12(7-5-11)17(23)27-3)20-15-14(21(24)25)16(19-9-18-15)28-8-13(22)26-2/h4-7,9-10H,8H2,1-3H3,(H,18,19,20)/t10-/m0/s1. The number of carbonyl (C=O) groups excluding carboxylic acids is 2. The number of hydrogen-bond acceptors (Lipinski definition) is 10. The first-order valence-corrected chi connectivity index (χ1v) is 8.01. The highest BCUT2D eigenvalue weighted by Crippen LogP contribution is 2.33. The fourth-order valence-corrected chi connectivity index (χ4v) is 2.24. The first-order chi connectivity index (χ1) is 13.4. The Morgan fingerprint density at radius 1 is 1.18 bits per heavy atom. The molecule has 0 saturated carbocycles. The van der Waals surface area contributed by atoms with Crippen LogP contribution in [0.4, 0.5) is 11.5 Å². The molecule has 0 aliphatic rings. The van der Waals surface area contributed by atoms with Crippen molar-refractivity contribution >= 4 is 23.4 Å². The summed E-state index contributed by atoms with van der Waals surface area (Å²) < 4.78 is 14.2. The predicted molar refractivity (Wildman–Crippen MR) is 96.0 cm³/mol. The largest absolute Gasteiger partial charge is 0.466 e. The van der Waals surface area contributed by atoms with E-state index in [-0.39, 0.29) is 11.7 Å². The molecule has 0 unspecified atom stereocenters. The first kappa shape index (κ1) is 20.6. The molecule has 0 aliphatic carbocycles. The topological polar surface area (TPSA) is 143 Å². The van der Waals surface area contributed by atoms with Gasteiger partial charge in [-0.05, 0) is 24.6 Å². The zero-order chi connectivity index (χ0) is 20.7. The molecule has 1 atom stereocenters. The fraction of sp³-hybridized carbons (Fsp3) is 0.294. The number of rotatable bonds is 8. The molecule has 28 heavy (non-hydrogen) atoms. The van der Waals surface area contributed by atoms with E-state index in [2.05, 4.69) is 24.8 Å². The van der Waals surface area contributed by atoms with Gasteiger partial charge < -0.3 is 19.5 Å². The molecule has 11 heteroatoms. The van der Waals surface area contributed by atoms with Crippen LogP contribution in [0.2, 0.25) is 0 Å². The first-order valence-electron chi connectivity index (χ1n) is 8.01. The maximum atomic E-state index is 11.5. The Labute approximate surface area is 159 Å². The summed E-state index contributed by atoms with van der Waals surface area (Å²) in [6.45, 7) is 1.23. The van der Waals surface area contributed by atoms with Gasteiger partial charge in [-0.3, -0.25) is 10.1 Å². The van der Waals surface area contributed by atoms with Crippen molar-refractivity contribution < 1.29 is 28.7 Å². The summed E-state index contributed by atoms with van der Waals surface area (Å²) in [4.78, 5) is 41.1. The van der Waals surface area contributed by atoms with Gasteiger partial charge in [0.25, 0.3) is 5.88 Å². The molecule has 0 spiro atoms. The van der Waals surface area contributed by atoms with Gasteiger partial charge >= 0.3 is 17.6 Å². The minimum absolute atomic E-state index is 0.0792. The lowest BCUT2D eigenvalue weighted by molar-refractivity contribution is -0.385. The van der Waals surface area contributed by atoms with Crippen LogP contribution in [0.5, 0.6) is 5.88 Å². The zero-order valence-electron chi connectivity index (χ0n) is 15.4. The Morgan fingerprint density at radius 3 is 2.43 bits per heavy atom. The van der Waals surface area contributed by atoms with Gasteiger partial charge in [0.1, 0.15) is 6.33 Å². The average Bonchev–Trinajstić information content (AvgIpc) is 2.71. The van der Waals surface area contributed by atoms with Gasteiger partial charge in [0, 0.05) is 0 Å². The lowest BCUT2D eigenvalue weighted by atomic mass is 10.1. The van der Waals surface area contributed by atoms with E-state index in [1.807, 2.05) is 0 Å². The normalized spacial score (nSPS) is 11.2. The molecule has 148 valence electrons. The lowest BCUT2D eigenvalue weighted by Crippen LogP contribution is -2.16. The second kappa shape index (κ2) is 9.26. The Kier molecular flexibility index (Phi) is 6.79. The van der Waals surface area contributed by atoms with E-state index in [1.54, 1.807) is 31.2 Å². The maximum absolute atomic E-state index is 11.5. The number of methoxy groups -OCH3 is 2. The number of esters is 2. The second-order valence-corrected chi connectivity index (χ2v) is 5.48. The molecule has 0 saturated heterocycles. The Balaban J connectivity index is 2.23. The summed E-state index contributed by atoms with van der Waals surface area (Å²) in [7, 11) is 2.45. The smallest absolute Gasteiger partial charge is 0.372 e. The molecule has 2 rings (SSSR count). The van der Waals surface area contributed by atoms with Crippen LogP contribution >= 0.6 is 0 Å². The predicted octanol–water partition coefficient (Wildman–Crippen LogP) is 1.90. The molecule has 1 aromatic heterocycles. The van der Waals surface area contributed by atoms with Gasteiger partial charge in [0.15, 0.2) is 6.61 Å². The third kappa shape index (κ3) is 4.90. The van der Waals surface area contributed by atoms with Crippen molar-refractivity contribution in [3.05, 3.63) is 51.8 Å². The highest BCUT2D eigenvalue weighted by molar-refractivity contribution is 5.89. The lowest BCUT2D eigenvalue weighted by Gasteiger charge is -2.16. The number of hydrogen-bond donors (Lipinski definition) is 1. The van der Waals surface area contributed by atoms with Crippen LogP contribution in [-0.2, 0) is 14.3 Å². The Morgan fingerprint density at radius 2 is 1.86 bits per heavy atom. The molecule has 0 fully saturated rings. The van der Waals surface area contributed by atoms with E-state index < -0.39 is 35.2 Å². The van der Waals surface area contributed by atoms with Crippen molar-refractivity contribution in [3.8, 4) is 5.88 Å². The third-order valence-electron chi connectivity index (χ3n) is 3.71. The van der Waals surface area contributed by atoms with Crippen molar-refractivity contribution in [3.63, 3.8) is 0 Å². The summed E-state index contributed by atoms with van der Waals surface area (Å²) in [6.07, 6.45) is 1.08. The minimum Gasteiger partial charge on any atom is -0.466 e. The molecule has 0 aliphatic heterocycles. The van der Waals surface area contributed by atoms with Crippen LogP contribution in [0, 0.1) is 10.1 Å². The van der Waals surface area contributed by atoms with E-state index in [0.29, 0.717) is 5.56 Å². The minimum atomic E-state index is -0.707. The van der Waals surface area contributed by atoms with Crippen LogP contribution in [0.3, 0.4) is 0 Å². The van der Waals surface area contributed by atoms with Gasteiger partial charge in [-0.1, -0.05) is 12.1 Å². The van der Waals surface area contributed by atoms with Crippen LogP contribution in [0.1, 0.15) is 28.9 Å². The van der Waals surface area contributed by atoms with Crippen molar-refractivity contribution in [2.24, 2.45) is 0 Å². The van der Waals surface area contributed by atoms with Gasteiger partial charge in [-0.15, -0.1) is 0 Å². The number of carbonyl (C=O) groups is 2. The van der Waals surface area contributed by atoms with Crippen LogP contribution in [0.25, 0.3) is 0 Å². The van der Waals surface area contributed by atoms with Crippen molar-refractivity contribution in [2.45, 2.75) is 13.0 Å². The maximum Gasteiger partial charge on any atom is 0.372 e. The summed E-state index contributed by atoms with van der Waals surface area (Å²) in [6, 6.07) is 6.14. The number of anilines is 1. The fourth-order valence-electron chi connectivity index (χ4n) is 2.24. The molecule has 1 N–H and O–H groups in total. The Hall–Kier alpha value is -3.76. The summed E-state index contributed by atoms with van der Waals surface area (Å²) in [5.74, 6) is -1.61. The van der Waals surface area contributed by atoms with Crippen molar-refractivity contribution in [2.75, 3.05) is 26.1 Å². The third-order valence-corrected chi connectivity index (χ3v) is 3.71. The van der Waals surface area contributed by atoms with Crippen LogP contribution in [-0.4, -0.2) is 47.7 Å². The van der Waals surface area contributed by atoms with E-state index >= 15 is 0 Å². The molecule has 1 aromatic carbocycles.